The second kappa shape index (κ2) is 10.0. The minimum absolute atomic E-state index is 0.0175. The van der Waals surface area contributed by atoms with Gasteiger partial charge in [0.2, 0.25) is 11.8 Å². The summed E-state index contributed by atoms with van der Waals surface area (Å²) in [7, 11) is 1.30. The normalized spacial score (nSPS) is 24.8. The maximum Gasteiger partial charge on any atom is 0.340 e. The van der Waals surface area contributed by atoms with Gasteiger partial charge in [0.25, 0.3) is 10.0 Å². The van der Waals surface area contributed by atoms with Crippen molar-refractivity contribution in [2.75, 3.05) is 47.3 Å². The summed E-state index contributed by atoms with van der Waals surface area (Å²) in [5, 5.41) is 7.07. The van der Waals surface area contributed by atoms with Crippen LogP contribution < -0.4 is 0 Å². The van der Waals surface area contributed by atoms with Gasteiger partial charge >= 0.3 is 6.03 Å². The molecule has 2 fully saturated rings. The lowest BCUT2D eigenvalue weighted by atomic mass is 10.1. The fraction of sp³-hybridized carbons (Fsp3) is 0.542. The first-order valence-electron chi connectivity index (χ1n) is 12.5. The number of hydrogen-bond donors (Lipinski definition) is 1. The van der Waals surface area contributed by atoms with Crippen LogP contribution >= 0.6 is 11.6 Å². The molecular weight excluding hydrogens is 534 g/mol. The number of piperazine rings is 1. The van der Waals surface area contributed by atoms with Gasteiger partial charge in [0.05, 0.1) is 12.1 Å². The van der Waals surface area contributed by atoms with Gasteiger partial charge in [-0.3, -0.25) is 9.69 Å². The maximum absolute atomic E-state index is 13.6. The van der Waals surface area contributed by atoms with Gasteiger partial charge in [-0.1, -0.05) is 11.6 Å². The van der Waals surface area contributed by atoms with Crippen molar-refractivity contribution in [3.05, 3.63) is 29.3 Å². The zero-order chi connectivity index (χ0) is 27.4. The number of hydrazone groups is 1. The molecule has 206 valence electrons. The molecule has 0 saturated carbocycles. The van der Waals surface area contributed by atoms with Crippen LogP contribution in [0.25, 0.3) is 10.9 Å². The fourth-order valence-corrected chi connectivity index (χ4v) is 6.76. The Kier molecular flexibility index (Phi) is 7.05. The van der Waals surface area contributed by atoms with Gasteiger partial charge in [0.15, 0.2) is 6.23 Å². The number of sulfonamides is 1. The third-order valence-corrected chi connectivity index (χ3v) is 9.49. The molecule has 3 atom stereocenters. The van der Waals surface area contributed by atoms with Gasteiger partial charge in [0.1, 0.15) is 5.03 Å². The molecule has 2 saturated heterocycles. The molecule has 0 aliphatic carbocycles. The lowest BCUT2D eigenvalue weighted by molar-refractivity contribution is -0.130. The van der Waals surface area contributed by atoms with E-state index in [2.05, 4.69) is 15.0 Å². The Hall–Kier alpha value is -2.87. The lowest BCUT2D eigenvalue weighted by Crippen LogP contribution is -2.60. The number of carbonyl (C=O) groups excluding carboxylic acids is 2. The number of halogens is 1. The van der Waals surface area contributed by atoms with Crippen LogP contribution in [-0.2, 0) is 19.6 Å². The van der Waals surface area contributed by atoms with E-state index in [1.807, 2.05) is 14.0 Å². The van der Waals surface area contributed by atoms with Crippen molar-refractivity contribution in [1.29, 1.82) is 0 Å². The summed E-state index contributed by atoms with van der Waals surface area (Å²) >= 11 is 6.07. The minimum atomic E-state index is -3.92. The van der Waals surface area contributed by atoms with Gasteiger partial charge in [-0.2, -0.15) is 4.31 Å². The fourth-order valence-electron chi connectivity index (χ4n) is 5.09. The number of aromatic nitrogens is 1. The number of rotatable bonds is 4. The highest BCUT2D eigenvalue weighted by Crippen LogP contribution is 2.28. The Bertz CT molecular complexity index is 1390. The van der Waals surface area contributed by atoms with Crippen molar-refractivity contribution < 1.29 is 22.7 Å². The second-order valence-corrected chi connectivity index (χ2v) is 12.4. The molecule has 3 amide bonds. The molecule has 12 nitrogen and oxygen atoms in total. The third-order valence-electron chi connectivity index (χ3n) is 7.47. The van der Waals surface area contributed by atoms with Crippen molar-refractivity contribution in [2.24, 2.45) is 5.10 Å². The first-order valence-corrected chi connectivity index (χ1v) is 14.3. The summed E-state index contributed by atoms with van der Waals surface area (Å²) in [4.78, 5) is 34.3. The van der Waals surface area contributed by atoms with Gasteiger partial charge in [-0.25, -0.2) is 18.2 Å². The Labute approximate surface area is 226 Å². The number of ether oxygens (including phenoxy) is 1. The topological polar surface area (TPSA) is 122 Å². The Morgan fingerprint density at radius 1 is 1.21 bits per heavy atom. The molecule has 5 rings (SSSR count). The van der Waals surface area contributed by atoms with E-state index in [1.165, 1.54) is 14.2 Å². The molecule has 38 heavy (non-hydrogen) atoms. The molecule has 2 aromatic rings. The van der Waals surface area contributed by atoms with E-state index >= 15 is 0 Å². The molecule has 3 unspecified atom stereocenters. The number of nitrogens with one attached hydrogen (secondary N) is 1. The average molecular weight is 566 g/mol. The van der Waals surface area contributed by atoms with Crippen LogP contribution in [0, 0.1) is 0 Å². The molecule has 0 spiro atoms. The summed E-state index contributed by atoms with van der Waals surface area (Å²) in [6, 6.07) is 5.65. The van der Waals surface area contributed by atoms with E-state index in [0.717, 1.165) is 0 Å². The number of H-pyrrole nitrogens is 1. The molecule has 0 radical (unpaired) electrons. The largest absolute Gasteiger partial charge is 0.460 e. The summed E-state index contributed by atoms with van der Waals surface area (Å²) in [5.74, 6) is 0.299. The van der Waals surface area contributed by atoms with Crippen LogP contribution in [0.3, 0.4) is 0 Å². The van der Waals surface area contributed by atoms with Gasteiger partial charge in [0, 0.05) is 62.6 Å². The highest BCUT2D eigenvalue weighted by molar-refractivity contribution is 7.89. The van der Waals surface area contributed by atoms with E-state index in [9.17, 15) is 18.0 Å². The molecule has 0 bridgehead atoms. The quantitative estimate of drug-likeness (QED) is 0.603. The van der Waals surface area contributed by atoms with Crippen LogP contribution in [0.4, 0.5) is 4.79 Å². The minimum Gasteiger partial charge on any atom is -0.460 e. The van der Waals surface area contributed by atoms with E-state index in [-0.39, 0.29) is 55.3 Å². The van der Waals surface area contributed by atoms with Gasteiger partial charge in [-0.05, 0) is 44.7 Å². The number of aromatic amines is 1. The monoisotopic (exact) mass is 565 g/mol. The molecular formula is C24H32ClN7O5S. The number of amides is 3. The molecule has 3 aliphatic rings. The summed E-state index contributed by atoms with van der Waals surface area (Å²) in [6.45, 7) is 2.51. The zero-order valence-electron chi connectivity index (χ0n) is 21.8. The van der Waals surface area contributed by atoms with Crippen LogP contribution in [0.2, 0.25) is 5.02 Å². The average Bonchev–Trinajstić information content (AvgIpc) is 3.43. The smallest absolute Gasteiger partial charge is 0.340 e. The van der Waals surface area contributed by atoms with Crippen molar-refractivity contribution in [2.45, 2.75) is 43.1 Å². The summed E-state index contributed by atoms with van der Waals surface area (Å²) in [5.41, 5.74) is 0.651. The number of likely N-dealkylation sites (N-methyl/N-ethyl adjacent to an activating group) is 1. The number of hydrogen-bond acceptors (Lipinski definition) is 7. The molecule has 1 N–H and O–H groups in total. The number of benzene rings is 1. The van der Waals surface area contributed by atoms with Crippen LogP contribution in [0.1, 0.15) is 19.8 Å². The third kappa shape index (κ3) is 4.83. The van der Waals surface area contributed by atoms with Crippen molar-refractivity contribution >= 4 is 50.4 Å². The number of fused-ring (bicyclic) bond motifs is 2. The molecule has 14 heteroatoms. The summed E-state index contributed by atoms with van der Waals surface area (Å²) in [6.07, 6.45) is 0.524. The van der Waals surface area contributed by atoms with Crippen molar-refractivity contribution in [3.8, 4) is 0 Å². The van der Waals surface area contributed by atoms with E-state index in [1.54, 1.807) is 43.3 Å². The van der Waals surface area contributed by atoms with E-state index < -0.39 is 16.1 Å². The van der Waals surface area contributed by atoms with Crippen LogP contribution in [-0.4, -0.2) is 121 Å². The standard InChI is InChI=1S/C24H32ClN7O5S/c1-15-29(4)20-7-8-32(27-23(20)37-15)24(34)31-10-9-30(14-18(31)13-22(33)28(2)3)38(35,36)21-12-16-11-17(25)5-6-19(16)26-21/h5-6,11-12,15,18,20,26H,7-10,13-14H2,1-4H3. The highest BCUT2D eigenvalue weighted by Gasteiger charge is 2.43. The predicted molar refractivity (Wildman–Crippen MR) is 142 cm³/mol. The van der Waals surface area contributed by atoms with Crippen molar-refractivity contribution in [1.82, 2.24) is 29.0 Å². The predicted octanol–water partition coefficient (Wildman–Crippen LogP) is 1.79. The van der Waals surface area contributed by atoms with Crippen molar-refractivity contribution in [3.63, 3.8) is 0 Å². The lowest BCUT2D eigenvalue weighted by Gasteiger charge is -2.42. The SMILES string of the molecule is CC1OC2=NN(C(=O)N3CCN(S(=O)(=O)c4cc5cc(Cl)ccc5[nH]4)CC3CC(=O)N(C)C)CCC2N1C. The summed E-state index contributed by atoms with van der Waals surface area (Å²) < 4.78 is 34.3. The first kappa shape index (κ1) is 26.7. The molecule has 1 aromatic heterocycles. The number of nitrogens with zero attached hydrogens (tertiary/aromatic N) is 6. The Balaban J connectivity index is 1.38. The molecule has 3 aliphatic heterocycles. The molecule has 4 heterocycles. The van der Waals surface area contributed by atoms with E-state index in [0.29, 0.717) is 34.8 Å². The van der Waals surface area contributed by atoms with E-state index in [4.69, 9.17) is 16.3 Å². The van der Waals surface area contributed by atoms with Crippen LogP contribution in [0.15, 0.2) is 34.4 Å². The second-order valence-electron chi connectivity index (χ2n) is 10.1. The highest BCUT2D eigenvalue weighted by atomic mass is 35.5. The van der Waals surface area contributed by atoms with Gasteiger partial charge in [-0.15, -0.1) is 5.10 Å². The number of carbonyl (C=O) groups is 2. The van der Waals surface area contributed by atoms with Crippen LogP contribution in [0.5, 0.6) is 0 Å². The Morgan fingerprint density at radius 3 is 2.71 bits per heavy atom. The zero-order valence-corrected chi connectivity index (χ0v) is 23.4. The first-order chi connectivity index (χ1) is 18.0. The number of urea groups is 1. The Morgan fingerprint density at radius 2 is 1.97 bits per heavy atom. The maximum atomic E-state index is 13.6. The van der Waals surface area contributed by atoms with Gasteiger partial charge < -0.3 is 19.5 Å². The molecule has 1 aromatic carbocycles.